The monoisotopic (exact) mass is 327 g/mol. The highest BCUT2D eigenvalue weighted by Crippen LogP contribution is 2.15. The fourth-order valence-electron chi connectivity index (χ4n) is 2.23. The van der Waals surface area contributed by atoms with Gasteiger partial charge in [-0.25, -0.2) is 8.42 Å². The molecule has 0 aromatic carbocycles. The zero-order chi connectivity index (χ0) is 12.2. The Bertz CT molecular complexity index is 335. The van der Waals surface area contributed by atoms with Gasteiger partial charge in [0.05, 0.1) is 45.0 Å². The normalized spacial score (nSPS) is 20.6. The molecule has 0 aromatic heterocycles. The number of sulfonamides is 1. The molecule has 0 aromatic rings. The van der Waals surface area contributed by atoms with Crippen LogP contribution in [-0.2, 0) is 10.0 Å². The molecule has 17 heavy (non-hydrogen) atoms. The molecule has 1 rings (SSSR count). The van der Waals surface area contributed by atoms with Crippen molar-refractivity contribution >= 4 is 27.0 Å². The summed E-state index contributed by atoms with van der Waals surface area (Å²) in [6.45, 7) is 12.7. The summed E-state index contributed by atoms with van der Waals surface area (Å²) in [6.07, 6.45) is 1.94. The Morgan fingerprint density at radius 3 is 2.18 bits per heavy atom. The van der Waals surface area contributed by atoms with Gasteiger partial charge < -0.3 is 4.48 Å². The van der Waals surface area contributed by atoms with E-state index in [2.05, 4.69) is 13.5 Å². The lowest BCUT2D eigenvalue weighted by Crippen LogP contribution is -2.60. The summed E-state index contributed by atoms with van der Waals surface area (Å²) in [6, 6.07) is 0. The highest BCUT2D eigenvalue weighted by Gasteiger charge is 2.34. The number of hydrogen-bond donors (Lipinski definition) is 0. The fraction of sp³-hybridized carbons (Fsp3) is 0.818. The van der Waals surface area contributed by atoms with Crippen molar-refractivity contribution in [2.75, 3.05) is 45.0 Å². The van der Waals surface area contributed by atoms with Crippen LogP contribution in [0, 0.1) is 0 Å². The van der Waals surface area contributed by atoms with Crippen molar-refractivity contribution < 1.29 is 12.9 Å². The summed E-state index contributed by atoms with van der Waals surface area (Å²) in [5.41, 5.74) is 0. The third-order valence-electron chi connectivity index (χ3n) is 3.59. The third-order valence-corrected chi connectivity index (χ3v) is 5.47. The molecule has 4 nitrogen and oxygen atoms in total. The minimum absolute atomic E-state index is 0. The first kappa shape index (κ1) is 17.1. The summed E-state index contributed by atoms with van der Waals surface area (Å²) in [5.74, 6) is 0.209. The number of halogens is 1. The molecule has 1 aliphatic rings. The van der Waals surface area contributed by atoms with Gasteiger partial charge >= 0.3 is 0 Å². The van der Waals surface area contributed by atoms with Crippen LogP contribution in [0.3, 0.4) is 0 Å². The Morgan fingerprint density at radius 1 is 1.29 bits per heavy atom. The van der Waals surface area contributed by atoms with E-state index in [-0.39, 0.29) is 22.7 Å². The predicted octanol–water partition coefficient (Wildman–Crippen LogP) is 1.25. The van der Waals surface area contributed by atoms with Crippen LogP contribution in [0.2, 0.25) is 0 Å². The quantitative estimate of drug-likeness (QED) is 0.563. The average Bonchev–Trinajstić information content (AvgIpc) is 2.30. The largest absolute Gasteiger partial charge is 0.318 e. The van der Waals surface area contributed by atoms with Gasteiger partial charge in [-0.2, -0.15) is 4.31 Å². The van der Waals surface area contributed by atoms with Gasteiger partial charge in [0.2, 0.25) is 10.0 Å². The van der Waals surface area contributed by atoms with Crippen molar-refractivity contribution in [2.24, 2.45) is 0 Å². The number of quaternary nitrogens is 1. The molecule has 0 amide bonds. The van der Waals surface area contributed by atoms with Crippen LogP contribution in [0.1, 0.15) is 13.8 Å². The maximum atomic E-state index is 11.7. The topological polar surface area (TPSA) is 37.4 Å². The smallest absolute Gasteiger partial charge is 0.214 e. The lowest BCUT2D eigenvalue weighted by Gasteiger charge is -2.43. The minimum atomic E-state index is -3.00. The fourth-order valence-corrected chi connectivity index (χ4v) is 3.32. The minimum Gasteiger partial charge on any atom is -0.318 e. The first-order valence-corrected chi connectivity index (χ1v) is 7.54. The highest BCUT2D eigenvalue weighted by molar-refractivity contribution is 8.93. The first-order valence-electron chi connectivity index (χ1n) is 5.93. The van der Waals surface area contributed by atoms with E-state index in [9.17, 15) is 8.42 Å². The summed E-state index contributed by atoms with van der Waals surface area (Å²) < 4.78 is 26.0. The van der Waals surface area contributed by atoms with Crippen molar-refractivity contribution in [2.45, 2.75) is 13.8 Å². The van der Waals surface area contributed by atoms with Gasteiger partial charge in [0.1, 0.15) is 0 Å². The number of hydrogen-bond acceptors (Lipinski definition) is 2. The zero-order valence-electron chi connectivity index (χ0n) is 10.8. The lowest BCUT2D eigenvalue weighted by atomic mass is 10.2. The maximum absolute atomic E-state index is 11.7. The van der Waals surface area contributed by atoms with Crippen LogP contribution >= 0.6 is 17.0 Å². The summed E-state index contributed by atoms with van der Waals surface area (Å²) in [5, 5.41) is 0. The van der Waals surface area contributed by atoms with Crippen molar-refractivity contribution in [3.8, 4) is 0 Å². The van der Waals surface area contributed by atoms with E-state index in [4.69, 9.17) is 0 Å². The second-order valence-corrected chi connectivity index (χ2v) is 6.63. The molecule has 1 heterocycles. The van der Waals surface area contributed by atoms with E-state index in [1.54, 1.807) is 11.2 Å². The van der Waals surface area contributed by atoms with Crippen molar-refractivity contribution in [3.63, 3.8) is 0 Å². The van der Waals surface area contributed by atoms with Gasteiger partial charge in [-0.3, -0.25) is 0 Å². The van der Waals surface area contributed by atoms with E-state index in [1.165, 1.54) is 0 Å². The standard InChI is InChI=1S/C11H23N2O2S.BrH/c1-4-9-13(5-2)10-7-12(8-11-13)16(14,15)6-3;/h4H,1,5-11H2,2-3H3;1H/q+1;. The molecule has 0 saturated carbocycles. The number of likely N-dealkylation sites (N-methyl/N-ethyl adjacent to an activating group) is 1. The Balaban J connectivity index is 0.00000256. The Morgan fingerprint density at radius 2 is 1.82 bits per heavy atom. The van der Waals surface area contributed by atoms with E-state index in [1.807, 2.05) is 6.08 Å². The second kappa shape index (κ2) is 6.87. The average molecular weight is 328 g/mol. The van der Waals surface area contributed by atoms with Crippen molar-refractivity contribution in [1.82, 2.24) is 4.31 Å². The Kier molecular flexibility index (Phi) is 6.91. The zero-order valence-corrected chi connectivity index (χ0v) is 13.3. The first-order chi connectivity index (χ1) is 7.49. The summed E-state index contributed by atoms with van der Waals surface area (Å²) in [7, 11) is -3.00. The predicted molar refractivity (Wildman–Crippen MR) is 77.0 cm³/mol. The molecular formula is C11H24BrN2O2S+. The number of nitrogens with zero attached hydrogens (tertiary/aromatic N) is 2. The SMILES string of the molecule is Br.C=CC[N+]1(CC)CCN(S(=O)(=O)CC)CC1. The molecule has 0 radical (unpaired) electrons. The Labute approximate surface area is 116 Å². The third kappa shape index (κ3) is 4.05. The van der Waals surface area contributed by atoms with E-state index < -0.39 is 10.0 Å². The van der Waals surface area contributed by atoms with Crippen LogP contribution < -0.4 is 0 Å². The van der Waals surface area contributed by atoms with Crippen LogP contribution in [0.5, 0.6) is 0 Å². The van der Waals surface area contributed by atoms with Crippen LogP contribution in [0.4, 0.5) is 0 Å². The summed E-state index contributed by atoms with van der Waals surface area (Å²) >= 11 is 0. The molecule has 1 fully saturated rings. The van der Waals surface area contributed by atoms with E-state index >= 15 is 0 Å². The number of piperazine rings is 1. The van der Waals surface area contributed by atoms with Gasteiger partial charge in [-0.1, -0.05) is 6.58 Å². The maximum Gasteiger partial charge on any atom is 0.214 e. The molecule has 1 aliphatic heterocycles. The molecule has 0 N–H and O–H groups in total. The molecule has 0 unspecified atom stereocenters. The van der Waals surface area contributed by atoms with Crippen molar-refractivity contribution in [3.05, 3.63) is 12.7 Å². The van der Waals surface area contributed by atoms with Gasteiger partial charge in [0, 0.05) is 0 Å². The molecule has 0 atom stereocenters. The molecule has 102 valence electrons. The second-order valence-electron chi connectivity index (χ2n) is 4.38. The van der Waals surface area contributed by atoms with Gasteiger partial charge in [-0.15, -0.1) is 17.0 Å². The van der Waals surface area contributed by atoms with Crippen LogP contribution in [-0.4, -0.2) is 62.2 Å². The van der Waals surface area contributed by atoms with Gasteiger partial charge in [-0.05, 0) is 19.9 Å². The Hall–Kier alpha value is 0.0900. The highest BCUT2D eigenvalue weighted by atomic mass is 79.9. The summed E-state index contributed by atoms with van der Waals surface area (Å²) in [4.78, 5) is 0. The molecule has 6 heteroatoms. The van der Waals surface area contributed by atoms with Crippen LogP contribution in [0.25, 0.3) is 0 Å². The van der Waals surface area contributed by atoms with Crippen LogP contribution in [0.15, 0.2) is 12.7 Å². The number of rotatable bonds is 5. The van der Waals surface area contributed by atoms with E-state index in [0.717, 1.165) is 30.7 Å². The van der Waals surface area contributed by atoms with E-state index in [0.29, 0.717) is 13.1 Å². The van der Waals surface area contributed by atoms with Gasteiger partial charge in [0.15, 0.2) is 0 Å². The molecule has 1 saturated heterocycles. The van der Waals surface area contributed by atoms with Gasteiger partial charge in [0.25, 0.3) is 0 Å². The molecule has 0 aliphatic carbocycles. The molecular weight excluding hydrogens is 304 g/mol. The van der Waals surface area contributed by atoms with Crippen molar-refractivity contribution in [1.29, 1.82) is 0 Å². The molecule has 0 spiro atoms. The molecule has 0 bridgehead atoms. The lowest BCUT2D eigenvalue weighted by molar-refractivity contribution is -0.924.